The minimum absolute atomic E-state index is 0.191. The number of aryl methyl sites for hydroxylation is 2. The minimum atomic E-state index is -0.383. The zero-order valence-corrected chi connectivity index (χ0v) is 18.1. The standard InChI is InChI=1S/C27H27NO3/c1-4-19-11-15-21(16-12-19)25-24(20-13-9-18(2)10-14-20)26(29)27(30)28(25)17-22-7-5-6-8-23(22)31-3/h5-16,25,29H,4,17H2,1-3H3/t25-/m0/s1. The number of rotatable bonds is 6. The molecule has 1 N–H and O–H groups in total. The fraction of sp³-hybridized carbons (Fsp3) is 0.222. The quantitative estimate of drug-likeness (QED) is 0.571. The first-order valence-electron chi connectivity index (χ1n) is 10.5. The number of ether oxygens (including phenoxy) is 1. The second kappa shape index (κ2) is 8.68. The van der Waals surface area contributed by atoms with Crippen molar-refractivity contribution in [3.8, 4) is 5.75 Å². The maximum atomic E-state index is 13.2. The molecule has 1 aliphatic heterocycles. The van der Waals surface area contributed by atoms with E-state index in [0.29, 0.717) is 12.1 Å². The summed E-state index contributed by atoms with van der Waals surface area (Å²) in [6.45, 7) is 4.47. The molecule has 0 spiro atoms. The van der Waals surface area contributed by atoms with Crippen molar-refractivity contribution < 1.29 is 14.6 Å². The molecule has 3 aromatic carbocycles. The second-order valence-electron chi connectivity index (χ2n) is 7.87. The summed E-state index contributed by atoms with van der Waals surface area (Å²) in [5.41, 5.74) is 5.72. The molecule has 31 heavy (non-hydrogen) atoms. The number of para-hydroxylation sites is 1. The summed E-state index contributed by atoms with van der Waals surface area (Å²) in [4.78, 5) is 15.0. The molecule has 0 fully saturated rings. The normalized spacial score (nSPS) is 16.2. The molecule has 0 saturated heterocycles. The average molecular weight is 414 g/mol. The van der Waals surface area contributed by atoms with Gasteiger partial charge in [-0.1, -0.05) is 79.2 Å². The van der Waals surface area contributed by atoms with Crippen LogP contribution in [0.15, 0.2) is 78.6 Å². The van der Waals surface area contributed by atoms with E-state index < -0.39 is 0 Å². The number of methoxy groups -OCH3 is 1. The topological polar surface area (TPSA) is 49.8 Å². The molecular weight excluding hydrogens is 386 g/mol. The van der Waals surface area contributed by atoms with Gasteiger partial charge >= 0.3 is 0 Å². The number of aliphatic hydroxyl groups excluding tert-OH is 1. The second-order valence-corrected chi connectivity index (χ2v) is 7.87. The number of amides is 1. The summed E-state index contributed by atoms with van der Waals surface area (Å²) in [5, 5.41) is 10.9. The van der Waals surface area contributed by atoms with E-state index in [1.807, 2.05) is 55.5 Å². The summed E-state index contributed by atoms with van der Waals surface area (Å²) < 4.78 is 5.50. The van der Waals surface area contributed by atoms with Crippen LogP contribution >= 0.6 is 0 Å². The van der Waals surface area contributed by atoms with Crippen LogP contribution in [-0.2, 0) is 17.8 Å². The molecule has 158 valence electrons. The van der Waals surface area contributed by atoms with Gasteiger partial charge in [-0.3, -0.25) is 4.79 Å². The third-order valence-electron chi connectivity index (χ3n) is 5.90. The third-order valence-corrected chi connectivity index (χ3v) is 5.90. The molecule has 3 aromatic rings. The number of carbonyl (C=O) groups excluding carboxylic acids is 1. The molecule has 4 heteroatoms. The molecule has 0 unspecified atom stereocenters. The van der Waals surface area contributed by atoms with Crippen LogP contribution in [0.1, 0.15) is 40.8 Å². The van der Waals surface area contributed by atoms with Crippen molar-refractivity contribution in [2.75, 3.05) is 7.11 Å². The fourth-order valence-electron chi connectivity index (χ4n) is 4.14. The van der Waals surface area contributed by atoms with Crippen molar-refractivity contribution in [1.29, 1.82) is 0 Å². The Morgan fingerprint density at radius 3 is 2.29 bits per heavy atom. The SMILES string of the molecule is CCc1ccc([C@H]2C(c3ccc(C)cc3)=C(O)C(=O)N2Cc2ccccc2OC)cc1. The number of nitrogens with zero attached hydrogens (tertiary/aromatic N) is 1. The van der Waals surface area contributed by atoms with Crippen molar-refractivity contribution in [1.82, 2.24) is 4.90 Å². The lowest BCUT2D eigenvalue weighted by molar-refractivity contribution is -0.130. The minimum Gasteiger partial charge on any atom is -0.503 e. The summed E-state index contributed by atoms with van der Waals surface area (Å²) in [6.07, 6.45) is 0.945. The van der Waals surface area contributed by atoms with Gasteiger partial charge in [-0.2, -0.15) is 0 Å². The summed E-state index contributed by atoms with van der Waals surface area (Å²) >= 11 is 0. The number of carbonyl (C=O) groups is 1. The van der Waals surface area contributed by atoms with Gasteiger partial charge in [-0.05, 0) is 36.1 Å². The van der Waals surface area contributed by atoms with Crippen molar-refractivity contribution in [3.63, 3.8) is 0 Å². The van der Waals surface area contributed by atoms with E-state index in [-0.39, 0.29) is 17.7 Å². The smallest absolute Gasteiger partial charge is 0.290 e. The lowest BCUT2D eigenvalue weighted by Crippen LogP contribution is -2.30. The maximum Gasteiger partial charge on any atom is 0.290 e. The van der Waals surface area contributed by atoms with Crippen molar-refractivity contribution >= 4 is 11.5 Å². The largest absolute Gasteiger partial charge is 0.503 e. The highest BCUT2D eigenvalue weighted by molar-refractivity contribution is 6.05. The van der Waals surface area contributed by atoms with E-state index in [4.69, 9.17) is 4.74 Å². The molecule has 1 amide bonds. The van der Waals surface area contributed by atoms with Gasteiger partial charge in [-0.15, -0.1) is 0 Å². The lowest BCUT2D eigenvalue weighted by Gasteiger charge is -2.28. The monoisotopic (exact) mass is 413 g/mol. The van der Waals surface area contributed by atoms with Crippen LogP contribution in [0.3, 0.4) is 0 Å². The number of hydrogen-bond acceptors (Lipinski definition) is 3. The van der Waals surface area contributed by atoms with Crippen LogP contribution in [0.5, 0.6) is 5.75 Å². The van der Waals surface area contributed by atoms with E-state index in [1.54, 1.807) is 12.0 Å². The number of benzene rings is 3. The van der Waals surface area contributed by atoms with Gasteiger partial charge in [0, 0.05) is 11.1 Å². The van der Waals surface area contributed by atoms with Crippen LogP contribution in [0.25, 0.3) is 5.57 Å². The predicted molar refractivity (Wildman–Crippen MR) is 123 cm³/mol. The molecule has 0 bridgehead atoms. The first-order chi connectivity index (χ1) is 15.0. The zero-order valence-electron chi connectivity index (χ0n) is 18.1. The van der Waals surface area contributed by atoms with Crippen molar-refractivity contribution in [2.24, 2.45) is 0 Å². The Balaban J connectivity index is 1.81. The molecule has 4 nitrogen and oxygen atoms in total. The van der Waals surface area contributed by atoms with Crippen molar-refractivity contribution in [3.05, 3.63) is 106 Å². The van der Waals surface area contributed by atoms with Gasteiger partial charge in [0.1, 0.15) is 5.75 Å². The van der Waals surface area contributed by atoms with Crippen LogP contribution in [0, 0.1) is 6.92 Å². The summed E-state index contributed by atoms with van der Waals surface area (Å²) in [7, 11) is 1.62. The highest BCUT2D eigenvalue weighted by atomic mass is 16.5. The molecule has 0 saturated carbocycles. The highest BCUT2D eigenvalue weighted by Gasteiger charge is 2.41. The van der Waals surface area contributed by atoms with E-state index in [0.717, 1.165) is 34.4 Å². The van der Waals surface area contributed by atoms with Crippen LogP contribution in [-0.4, -0.2) is 23.0 Å². The van der Waals surface area contributed by atoms with Crippen LogP contribution in [0.2, 0.25) is 0 Å². The Morgan fingerprint density at radius 2 is 1.65 bits per heavy atom. The predicted octanol–water partition coefficient (Wildman–Crippen LogP) is 5.62. The van der Waals surface area contributed by atoms with E-state index in [1.165, 1.54) is 5.56 Å². The molecule has 1 atom stereocenters. The molecule has 0 aliphatic carbocycles. The average Bonchev–Trinajstić information content (AvgIpc) is 3.05. The Hall–Kier alpha value is -3.53. The van der Waals surface area contributed by atoms with E-state index in [2.05, 4.69) is 31.2 Å². The highest BCUT2D eigenvalue weighted by Crippen LogP contribution is 2.44. The molecule has 4 rings (SSSR count). The Kier molecular flexibility index (Phi) is 5.81. The fourth-order valence-corrected chi connectivity index (χ4v) is 4.14. The molecular formula is C27H27NO3. The van der Waals surface area contributed by atoms with E-state index in [9.17, 15) is 9.90 Å². The van der Waals surface area contributed by atoms with Gasteiger partial charge in [0.2, 0.25) is 0 Å². The first-order valence-corrected chi connectivity index (χ1v) is 10.5. The molecule has 0 radical (unpaired) electrons. The first kappa shape index (κ1) is 20.7. The third kappa shape index (κ3) is 3.93. The van der Waals surface area contributed by atoms with Gasteiger partial charge in [0.15, 0.2) is 5.76 Å². The van der Waals surface area contributed by atoms with Crippen LogP contribution in [0.4, 0.5) is 0 Å². The summed E-state index contributed by atoms with van der Waals surface area (Å²) in [5.74, 6) is 0.160. The number of hydrogen-bond donors (Lipinski definition) is 1. The van der Waals surface area contributed by atoms with E-state index >= 15 is 0 Å². The van der Waals surface area contributed by atoms with Gasteiger partial charge in [0.05, 0.1) is 19.7 Å². The number of aliphatic hydroxyl groups is 1. The van der Waals surface area contributed by atoms with Gasteiger partial charge < -0.3 is 14.7 Å². The summed E-state index contributed by atoms with van der Waals surface area (Å²) in [6, 6.07) is 23.5. The maximum absolute atomic E-state index is 13.2. The Bertz CT molecular complexity index is 1110. The zero-order chi connectivity index (χ0) is 22.0. The Morgan fingerprint density at radius 1 is 0.968 bits per heavy atom. The molecule has 0 aromatic heterocycles. The van der Waals surface area contributed by atoms with Gasteiger partial charge in [0.25, 0.3) is 5.91 Å². The Labute approximate surface area is 183 Å². The molecule has 1 aliphatic rings. The lowest BCUT2D eigenvalue weighted by atomic mass is 9.92. The molecule has 1 heterocycles. The van der Waals surface area contributed by atoms with Gasteiger partial charge in [-0.25, -0.2) is 0 Å². The van der Waals surface area contributed by atoms with Crippen molar-refractivity contribution in [2.45, 2.75) is 32.9 Å². The van der Waals surface area contributed by atoms with Crippen LogP contribution < -0.4 is 4.74 Å².